The van der Waals surface area contributed by atoms with Gasteiger partial charge in [0.1, 0.15) is 23.4 Å². The number of nitrogens with one attached hydrogen (secondary N) is 2. The van der Waals surface area contributed by atoms with E-state index in [-0.39, 0.29) is 51.7 Å². The van der Waals surface area contributed by atoms with Crippen LogP contribution in [0.3, 0.4) is 0 Å². The number of amides is 2. The molecule has 1 fully saturated rings. The van der Waals surface area contributed by atoms with Crippen molar-refractivity contribution in [1.29, 1.82) is 0 Å². The molecule has 3 aromatic rings. The van der Waals surface area contributed by atoms with Crippen LogP contribution in [0.4, 0.5) is 14.7 Å². The van der Waals surface area contributed by atoms with E-state index >= 15 is 4.39 Å². The molecular weight excluding hydrogens is 572 g/mol. The molecule has 0 aliphatic carbocycles. The Bertz CT molecular complexity index is 1500. The van der Waals surface area contributed by atoms with E-state index in [1.165, 1.54) is 49.4 Å². The molecule has 13 heteroatoms. The van der Waals surface area contributed by atoms with Gasteiger partial charge in [-0.05, 0) is 49.1 Å². The molecule has 2 aliphatic rings. The van der Waals surface area contributed by atoms with Gasteiger partial charge in [0.2, 0.25) is 11.9 Å². The summed E-state index contributed by atoms with van der Waals surface area (Å²) >= 11 is 6.36. The van der Waals surface area contributed by atoms with Gasteiger partial charge in [-0.15, -0.1) is 0 Å². The van der Waals surface area contributed by atoms with E-state index in [0.29, 0.717) is 18.8 Å². The zero-order valence-corrected chi connectivity index (χ0v) is 23.8. The number of ether oxygens (including phenoxy) is 2. The van der Waals surface area contributed by atoms with E-state index in [1.54, 1.807) is 6.07 Å². The number of nitrogens with zero attached hydrogens (tertiary/aromatic N) is 3. The number of rotatable bonds is 9. The van der Waals surface area contributed by atoms with Crippen molar-refractivity contribution in [1.82, 2.24) is 20.2 Å². The third kappa shape index (κ3) is 6.01. The van der Waals surface area contributed by atoms with Gasteiger partial charge in [0, 0.05) is 37.4 Å². The summed E-state index contributed by atoms with van der Waals surface area (Å²) in [5.41, 5.74) is 0.683. The molecule has 2 amide bonds. The molecule has 222 valence electrons. The van der Waals surface area contributed by atoms with Gasteiger partial charge in [-0.2, -0.15) is 0 Å². The highest BCUT2D eigenvalue weighted by molar-refractivity contribution is 6.33. The van der Waals surface area contributed by atoms with Crippen molar-refractivity contribution in [2.75, 3.05) is 32.2 Å². The Labute approximate surface area is 246 Å². The number of aliphatic hydroxyl groups excluding tert-OH is 1. The first-order chi connectivity index (χ1) is 20.2. The van der Waals surface area contributed by atoms with E-state index in [4.69, 9.17) is 21.1 Å². The lowest BCUT2D eigenvalue weighted by Crippen LogP contribution is -2.46. The average Bonchev–Trinajstić information content (AvgIpc) is 3.33. The van der Waals surface area contributed by atoms with Crippen molar-refractivity contribution >= 4 is 29.4 Å². The highest BCUT2D eigenvalue weighted by Crippen LogP contribution is 2.35. The van der Waals surface area contributed by atoms with Gasteiger partial charge in [-0.1, -0.05) is 17.7 Å². The Kier molecular flexibility index (Phi) is 8.85. The Morgan fingerprint density at radius 2 is 2.02 bits per heavy atom. The molecule has 3 heterocycles. The Balaban J connectivity index is 1.34. The van der Waals surface area contributed by atoms with E-state index < -0.39 is 42.1 Å². The quantitative estimate of drug-likeness (QED) is 0.338. The molecule has 2 aromatic carbocycles. The molecule has 42 heavy (non-hydrogen) atoms. The SMILES string of the molecule is COc1cc(F)cc([C@@H](CO)NC(=O)[C@@H](C)N2Cc3ccc(-c4nc(NC5CCOCC5)ncc4Cl)c(F)c3C2=O)c1. The molecule has 1 aromatic heterocycles. The Morgan fingerprint density at radius 3 is 2.74 bits per heavy atom. The molecule has 5 rings (SSSR count). The molecule has 0 spiro atoms. The second-order valence-corrected chi connectivity index (χ2v) is 10.6. The van der Waals surface area contributed by atoms with E-state index in [0.717, 1.165) is 12.8 Å². The van der Waals surface area contributed by atoms with Crippen LogP contribution in [0.5, 0.6) is 5.75 Å². The van der Waals surface area contributed by atoms with Crippen LogP contribution in [0.15, 0.2) is 36.5 Å². The number of methoxy groups -OCH3 is 1. The van der Waals surface area contributed by atoms with Crippen LogP contribution in [-0.4, -0.2) is 70.8 Å². The molecule has 3 N–H and O–H groups in total. The number of hydrogen-bond acceptors (Lipinski definition) is 8. The number of fused-ring (bicyclic) bond motifs is 1. The lowest BCUT2D eigenvalue weighted by atomic mass is 10.0. The number of halogens is 3. The van der Waals surface area contributed by atoms with Crippen molar-refractivity contribution in [3.8, 4) is 17.0 Å². The van der Waals surface area contributed by atoms with Crippen LogP contribution in [0.25, 0.3) is 11.3 Å². The molecule has 0 radical (unpaired) electrons. The molecule has 10 nitrogen and oxygen atoms in total. The zero-order valence-electron chi connectivity index (χ0n) is 23.0. The normalized spacial score (nSPS) is 16.6. The van der Waals surface area contributed by atoms with Crippen LogP contribution in [-0.2, 0) is 16.1 Å². The number of aliphatic hydroxyl groups is 1. The highest BCUT2D eigenvalue weighted by atomic mass is 35.5. The maximum absolute atomic E-state index is 15.9. The molecule has 1 saturated heterocycles. The number of carbonyl (C=O) groups is 2. The smallest absolute Gasteiger partial charge is 0.258 e. The van der Waals surface area contributed by atoms with Gasteiger partial charge in [0.05, 0.1) is 42.2 Å². The maximum Gasteiger partial charge on any atom is 0.258 e. The summed E-state index contributed by atoms with van der Waals surface area (Å²) in [4.78, 5) is 36.4. The summed E-state index contributed by atoms with van der Waals surface area (Å²) < 4.78 is 40.4. The molecule has 0 bridgehead atoms. The van der Waals surface area contributed by atoms with Crippen LogP contribution in [0.1, 0.15) is 47.3 Å². The van der Waals surface area contributed by atoms with Gasteiger partial charge < -0.3 is 30.1 Å². The molecule has 2 aliphatic heterocycles. The van der Waals surface area contributed by atoms with Crippen molar-refractivity contribution < 1.29 is 33.0 Å². The van der Waals surface area contributed by atoms with Crippen LogP contribution in [0.2, 0.25) is 5.02 Å². The van der Waals surface area contributed by atoms with Crippen molar-refractivity contribution in [3.05, 3.63) is 69.9 Å². The van der Waals surface area contributed by atoms with Crippen LogP contribution >= 0.6 is 11.6 Å². The molecular formula is C29H30ClF2N5O5. The van der Waals surface area contributed by atoms with Gasteiger partial charge >= 0.3 is 0 Å². The third-order valence-electron chi connectivity index (χ3n) is 7.48. The predicted molar refractivity (Wildman–Crippen MR) is 150 cm³/mol. The Morgan fingerprint density at radius 1 is 1.26 bits per heavy atom. The first-order valence-electron chi connectivity index (χ1n) is 13.4. The minimum atomic E-state index is -1.03. The summed E-state index contributed by atoms with van der Waals surface area (Å²) in [5.74, 6) is -2.18. The van der Waals surface area contributed by atoms with Gasteiger partial charge in [0.15, 0.2) is 0 Å². The summed E-state index contributed by atoms with van der Waals surface area (Å²) in [6, 6.07) is 5.05. The largest absolute Gasteiger partial charge is 0.497 e. The van der Waals surface area contributed by atoms with E-state index in [2.05, 4.69) is 20.6 Å². The second-order valence-electron chi connectivity index (χ2n) is 10.2. The van der Waals surface area contributed by atoms with Gasteiger partial charge in [0.25, 0.3) is 5.91 Å². The predicted octanol–water partition coefficient (Wildman–Crippen LogP) is 3.87. The summed E-state index contributed by atoms with van der Waals surface area (Å²) in [6.45, 7) is 2.20. The standard InChI is InChI=1S/C29H30ClF2N5O5/c1-15(27(39)35-23(14-38)17-9-18(31)11-20(10-17)41-2)37-13-16-3-4-21(25(32)24(16)28(37)40)26-22(30)12-33-29(36-26)34-19-5-7-42-8-6-19/h3-4,9-12,15,19,23,38H,5-8,13-14H2,1-2H3,(H,35,39)(H,33,34,36)/t15-,23-/m1/s1. The van der Waals surface area contributed by atoms with Gasteiger partial charge in [-0.25, -0.2) is 18.7 Å². The molecule has 2 atom stereocenters. The van der Waals surface area contributed by atoms with Crippen LogP contribution < -0.4 is 15.4 Å². The lowest BCUT2D eigenvalue weighted by Gasteiger charge is -2.26. The number of anilines is 1. The number of aromatic nitrogens is 2. The fourth-order valence-corrected chi connectivity index (χ4v) is 5.29. The maximum atomic E-state index is 15.9. The first-order valence-corrected chi connectivity index (χ1v) is 13.8. The lowest BCUT2D eigenvalue weighted by molar-refractivity contribution is -0.126. The highest BCUT2D eigenvalue weighted by Gasteiger charge is 2.38. The number of hydrogen-bond donors (Lipinski definition) is 3. The first kappa shape index (κ1) is 29.6. The zero-order chi connectivity index (χ0) is 30.0. The number of benzene rings is 2. The fourth-order valence-electron chi connectivity index (χ4n) is 5.10. The molecule has 0 saturated carbocycles. The fraction of sp³-hybridized carbons (Fsp3) is 0.379. The monoisotopic (exact) mass is 601 g/mol. The molecule has 0 unspecified atom stereocenters. The van der Waals surface area contributed by atoms with Crippen molar-refractivity contribution in [2.24, 2.45) is 0 Å². The summed E-state index contributed by atoms with van der Waals surface area (Å²) in [6.07, 6.45) is 2.94. The summed E-state index contributed by atoms with van der Waals surface area (Å²) in [5, 5.41) is 15.9. The summed E-state index contributed by atoms with van der Waals surface area (Å²) in [7, 11) is 1.37. The van der Waals surface area contributed by atoms with Crippen molar-refractivity contribution in [3.63, 3.8) is 0 Å². The van der Waals surface area contributed by atoms with Crippen LogP contribution in [0, 0.1) is 11.6 Å². The minimum Gasteiger partial charge on any atom is -0.497 e. The van der Waals surface area contributed by atoms with E-state index in [1.807, 2.05) is 0 Å². The van der Waals surface area contributed by atoms with E-state index in [9.17, 15) is 19.1 Å². The minimum absolute atomic E-state index is 0.00834. The topological polar surface area (TPSA) is 126 Å². The third-order valence-corrected chi connectivity index (χ3v) is 7.75. The average molecular weight is 602 g/mol. The number of carbonyl (C=O) groups excluding carboxylic acids is 2. The van der Waals surface area contributed by atoms with Crippen molar-refractivity contribution in [2.45, 2.75) is 44.4 Å². The second kappa shape index (κ2) is 12.6. The Hall–Kier alpha value is -3.87. The van der Waals surface area contributed by atoms with Gasteiger partial charge in [-0.3, -0.25) is 9.59 Å².